The topological polar surface area (TPSA) is 54.5 Å². The first-order chi connectivity index (χ1) is 11.8. The van der Waals surface area contributed by atoms with E-state index in [1.165, 1.54) is 19.3 Å². The van der Waals surface area contributed by atoms with Gasteiger partial charge in [0.1, 0.15) is 0 Å². The summed E-state index contributed by atoms with van der Waals surface area (Å²) < 4.78 is 6.06. The normalized spacial score (nSPS) is 30.6. The Labute approximate surface area is 143 Å². The molecule has 0 bridgehead atoms. The van der Waals surface area contributed by atoms with Crippen LogP contribution in [0.3, 0.4) is 0 Å². The maximum absolute atomic E-state index is 12.3. The third-order valence-electron chi connectivity index (χ3n) is 5.47. The standard InChI is InChI=1S/C19H27N3O2/c23-18(10-14-6-7-14)21-17-13-22(12-16-5-1-2-8-20-16)11-15-4-3-9-24-19(15)17/h1-2,5,8,14-15,17,19H,3-4,6-7,9-13H2,(H,21,23)/t15-,17+,19-/m0/s1. The smallest absolute Gasteiger partial charge is 0.220 e. The molecule has 2 saturated heterocycles. The third kappa shape index (κ3) is 3.95. The van der Waals surface area contributed by atoms with Crippen LogP contribution in [-0.2, 0) is 16.1 Å². The number of hydrogen-bond acceptors (Lipinski definition) is 4. The lowest BCUT2D eigenvalue weighted by molar-refractivity contribution is -0.128. The fourth-order valence-electron chi connectivity index (χ4n) is 4.12. The fraction of sp³-hybridized carbons (Fsp3) is 0.684. The monoisotopic (exact) mass is 329 g/mol. The van der Waals surface area contributed by atoms with Gasteiger partial charge in [-0.3, -0.25) is 14.7 Å². The molecule has 2 aliphatic heterocycles. The van der Waals surface area contributed by atoms with Crippen molar-refractivity contribution in [2.75, 3.05) is 19.7 Å². The van der Waals surface area contributed by atoms with E-state index in [0.29, 0.717) is 18.3 Å². The summed E-state index contributed by atoms with van der Waals surface area (Å²) >= 11 is 0. The highest BCUT2D eigenvalue weighted by molar-refractivity contribution is 5.77. The van der Waals surface area contributed by atoms with E-state index < -0.39 is 0 Å². The Hall–Kier alpha value is -1.46. The first kappa shape index (κ1) is 16.0. The van der Waals surface area contributed by atoms with Crippen LogP contribution in [0.15, 0.2) is 24.4 Å². The first-order valence-corrected chi connectivity index (χ1v) is 9.31. The number of piperidine rings is 1. The molecular weight excluding hydrogens is 302 g/mol. The number of pyridine rings is 1. The summed E-state index contributed by atoms with van der Waals surface area (Å²) in [5.41, 5.74) is 1.09. The number of amides is 1. The maximum Gasteiger partial charge on any atom is 0.220 e. The highest BCUT2D eigenvalue weighted by Crippen LogP contribution is 2.33. The number of carbonyl (C=O) groups excluding carboxylic acids is 1. The molecule has 5 nitrogen and oxygen atoms in total. The Kier molecular flexibility index (Phi) is 4.81. The van der Waals surface area contributed by atoms with E-state index in [0.717, 1.165) is 38.4 Å². The molecule has 3 fully saturated rings. The molecule has 5 heteroatoms. The zero-order valence-corrected chi connectivity index (χ0v) is 14.2. The van der Waals surface area contributed by atoms with Gasteiger partial charge < -0.3 is 10.1 Å². The number of ether oxygens (including phenoxy) is 1. The summed E-state index contributed by atoms with van der Waals surface area (Å²) in [4.78, 5) is 19.2. The molecule has 1 N–H and O–H groups in total. The molecule has 3 aliphatic rings. The van der Waals surface area contributed by atoms with Gasteiger partial charge in [-0.05, 0) is 49.7 Å². The van der Waals surface area contributed by atoms with Crippen molar-refractivity contribution in [3.63, 3.8) is 0 Å². The number of carbonyl (C=O) groups is 1. The average Bonchev–Trinajstić information content (AvgIpc) is 3.39. The van der Waals surface area contributed by atoms with E-state index >= 15 is 0 Å². The van der Waals surface area contributed by atoms with Gasteiger partial charge in [0.2, 0.25) is 5.91 Å². The highest BCUT2D eigenvalue weighted by Gasteiger charge is 2.40. The lowest BCUT2D eigenvalue weighted by Gasteiger charge is -2.46. The second kappa shape index (κ2) is 7.19. The predicted octanol–water partition coefficient (Wildman–Crippen LogP) is 1.98. The molecule has 0 unspecified atom stereocenters. The fourth-order valence-corrected chi connectivity index (χ4v) is 4.12. The zero-order valence-electron chi connectivity index (χ0n) is 14.2. The molecule has 0 spiro atoms. The Morgan fingerprint density at radius 2 is 2.21 bits per heavy atom. The van der Waals surface area contributed by atoms with Crippen molar-refractivity contribution in [3.05, 3.63) is 30.1 Å². The van der Waals surface area contributed by atoms with Crippen LogP contribution >= 0.6 is 0 Å². The highest BCUT2D eigenvalue weighted by atomic mass is 16.5. The van der Waals surface area contributed by atoms with E-state index in [1.807, 2.05) is 18.3 Å². The predicted molar refractivity (Wildman–Crippen MR) is 91.2 cm³/mol. The van der Waals surface area contributed by atoms with Crippen molar-refractivity contribution in [1.82, 2.24) is 15.2 Å². The number of nitrogens with zero attached hydrogens (tertiary/aromatic N) is 2. The number of rotatable bonds is 5. The Morgan fingerprint density at radius 3 is 3.00 bits per heavy atom. The van der Waals surface area contributed by atoms with Crippen LogP contribution in [0.4, 0.5) is 0 Å². The lowest BCUT2D eigenvalue weighted by Crippen LogP contribution is -2.60. The maximum atomic E-state index is 12.3. The Balaban J connectivity index is 1.41. The summed E-state index contributed by atoms with van der Waals surface area (Å²) in [5, 5.41) is 3.28. The SMILES string of the molecule is O=C(CC1CC1)N[C@@H]1CN(Cc2ccccn2)C[C@@H]2CCCO[C@@H]21. The zero-order chi connectivity index (χ0) is 16.4. The first-order valence-electron chi connectivity index (χ1n) is 9.31. The van der Waals surface area contributed by atoms with Gasteiger partial charge in [0.15, 0.2) is 0 Å². The van der Waals surface area contributed by atoms with Crippen LogP contribution in [0, 0.1) is 11.8 Å². The van der Waals surface area contributed by atoms with Crippen LogP contribution in [-0.4, -0.2) is 47.6 Å². The molecule has 130 valence electrons. The molecule has 1 aromatic heterocycles. The van der Waals surface area contributed by atoms with E-state index in [-0.39, 0.29) is 18.1 Å². The molecule has 0 aromatic carbocycles. The molecule has 4 rings (SSSR count). The molecule has 0 radical (unpaired) electrons. The lowest BCUT2D eigenvalue weighted by atomic mass is 9.85. The Bertz CT molecular complexity index is 561. The van der Waals surface area contributed by atoms with Crippen LogP contribution in [0.5, 0.6) is 0 Å². The third-order valence-corrected chi connectivity index (χ3v) is 5.47. The van der Waals surface area contributed by atoms with Crippen molar-refractivity contribution < 1.29 is 9.53 Å². The van der Waals surface area contributed by atoms with Gasteiger partial charge in [-0.2, -0.15) is 0 Å². The van der Waals surface area contributed by atoms with E-state index in [9.17, 15) is 4.79 Å². The minimum absolute atomic E-state index is 0.110. The van der Waals surface area contributed by atoms with Crippen molar-refractivity contribution in [3.8, 4) is 0 Å². The number of aromatic nitrogens is 1. The number of likely N-dealkylation sites (tertiary alicyclic amines) is 1. The average molecular weight is 329 g/mol. The van der Waals surface area contributed by atoms with Crippen LogP contribution in [0.1, 0.15) is 37.8 Å². The minimum Gasteiger partial charge on any atom is -0.376 e. The van der Waals surface area contributed by atoms with E-state index in [1.54, 1.807) is 0 Å². The number of hydrogen-bond donors (Lipinski definition) is 1. The van der Waals surface area contributed by atoms with Gasteiger partial charge in [0, 0.05) is 38.9 Å². The molecular formula is C19H27N3O2. The summed E-state index contributed by atoms with van der Waals surface area (Å²) in [5.74, 6) is 1.35. The molecule has 1 aliphatic carbocycles. The van der Waals surface area contributed by atoms with E-state index in [2.05, 4.69) is 21.3 Å². The number of nitrogens with one attached hydrogen (secondary N) is 1. The van der Waals surface area contributed by atoms with Crippen LogP contribution in [0.25, 0.3) is 0 Å². The van der Waals surface area contributed by atoms with Crippen molar-refractivity contribution in [1.29, 1.82) is 0 Å². The molecule has 3 heterocycles. The minimum atomic E-state index is 0.110. The molecule has 1 aromatic rings. The van der Waals surface area contributed by atoms with Gasteiger partial charge in [0.25, 0.3) is 0 Å². The summed E-state index contributed by atoms with van der Waals surface area (Å²) in [6, 6.07) is 6.17. The molecule has 1 amide bonds. The van der Waals surface area contributed by atoms with Crippen LogP contribution in [0.2, 0.25) is 0 Å². The largest absolute Gasteiger partial charge is 0.376 e. The van der Waals surface area contributed by atoms with Gasteiger partial charge in [-0.15, -0.1) is 0 Å². The molecule has 3 atom stereocenters. The van der Waals surface area contributed by atoms with Gasteiger partial charge in [0.05, 0.1) is 17.8 Å². The van der Waals surface area contributed by atoms with Crippen molar-refractivity contribution in [2.24, 2.45) is 11.8 Å². The summed E-state index contributed by atoms with van der Waals surface area (Å²) in [7, 11) is 0. The van der Waals surface area contributed by atoms with Crippen molar-refractivity contribution >= 4 is 5.91 Å². The summed E-state index contributed by atoms with van der Waals surface area (Å²) in [6.07, 6.45) is 7.47. The van der Waals surface area contributed by atoms with Crippen LogP contribution < -0.4 is 5.32 Å². The van der Waals surface area contributed by atoms with Gasteiger partial charge in [-0.25, -0.2) is 0 Å². The second-order valence-corrected chi connectivity index (χ2v) is 7.57. The second-order valence-electron chi connectivity index (χ2n) is 7.57. The number of fused-ring (bicyclic) bond motifs is 1. The molecule has 24 heavy (non-hydrogen) atoms. The summed E-state index contributed by atoms with van der Waals surface area (Å²) in [6.45, 7) is 3.57. The van der Waals surface area contributed by atoms with Gasteiger partial charge in [-0.1, -0.05) is 6.07 Å². The Morgan fingerprint density at radius 1 is 1.29 bits per heavy atom. The van der Waals surface area contributed by atoms with Gasteiger partial charge >= 0.3 is 0 Å². The van der Waals surface area contributed by atoms with E-state index in [4.69, 9.17) is 4.74 Å². The van der Waals surface area contributed by atoms with Crippen molar-refractivity contribution in [2.45, 2.75) is 50.8 Å². The molecule has 1 saturated carbocycles. The quantitative estimate of drug-likeness (QED) is 0.897.